The molecule has 1 amide bonds. The lowest BCUT2D eigenvalue weighted by molar-refractivity contribution is -0.145. The van der Waals surface area contributed by atoms with Crippen LogP contribution in [0.15, 0.2) is 12.4 Å². The highest BCUT2D eigenvalue weighted by Gasteiger charge is 2.32. The van der Waals surface area contributed by atoms with Crippen LogP contribution in [-0.4, -0.2) is 59.5 Å². The number of rotatable bonds is 3. The first-order valence-electron chi connectivity index (χ1n) is 6.82. The van der Waals surface area contributed by atoms with E-state index in [1.54, 1.807) is 0 Å². The van der Waals surface area contributed by atoms with Crippen molar-refractivity contribution in [1.82, 2.24) is 20.0 Å². The van der Waals surface area contributed by atoms with Gasteiger partial charge in [-0.15, -0.1) is 0 Å². The molecular weight excluding hydrogens is 244 g/mol. The van der Waals surface area contributed by atoms with Crippen molar-refractivity contribution in [3.05, 3.63) is 18.0 Å². The van der Waals surface area contributed by atoms with E-state index in [0.29, 0.717) is 26.2 Å². The number of ether oxygens (including phenoxy) is 1. The Balaban J connectivity index is 1.56. The van der Waals surface area contributed by atoms with Gasteiger partial charge in [-0.2, -0.15) is 5.10 Å². The maximum absolute atomic E-state index is 12.2. The molecule has 3 rings (SSSR count). The Labute approximate surface area is 112 Å². The molecule has 1 aromatic heterocycles. The molecule has 2 saturated heterocycles. The number of carbonyl (C=O) groups excluding carboxylic acids is 1. The molecule has 2 aliphatic rings. The van der Waals surface area contributed by atoms with E-state index in [4.69, 9.17) is 4.74 Å². The average Bonchev–Trinajstić information content (AvgIpc) is 2.73. The molecule has 0 bridgehead atoms. The summed E-state index contributed by atoms with van der Waals surface area (Å²) in [4.78, 5) is 14.1. The molecule has 6 nitrogen and oxygen atoms in total. The smallest absolute Gasteiger partial charge is 0.228 e. The van der Waals surface area contributed by atoms with Crippen LogP contribution in [0.5, 0.6) is 0 Å². The number of amides is 1. The van der Waals surface area contributed by atoms with E-state index in [0.717, 1.165) is 18.7 Å². The van der Waals surface area contributed by atoms with Crippen LogP contribution in [0.4, 0.5) is 0 Å². The van der Waals surface area contributed by atoms with Gasteiger partial charge >= 0.3 is 0 Å². The van der Waals surface area contributed by atoms with Gasteiger partial charge in [0.2, 0.25) is 5.91 Å². The average molecular weight is 264 g/mol. The van der Waals surface area contributed by atoms with Crippen LogP contribution in [0.3, 0.4) is 0 Å². The summed E-state index contributed by atoms with van der Waals surface area (Å²) in [6.45, 7) is 6.37. The molecule has 104 valence electrons. The standard InChI is InChI=1S/C13H20N4O2/c1-10-4-15-17(7-10)9-12-8-16(2-3-19-12)13(18)11-5-14-6-11/h4,7,11-12,14H,2-3,5-6,8-9H2,1H3. The molecule has 0 radical (unpaired) electrons. The molecular formula is C13H20N4O2. The van der Waals surface area contributed by atoms with Crippen molar-refractivity contribution in [3.8, 4) is 0 Å². The second-order valence-electron chi connectivity index (χ2n) is 5.37. The zero-order chi connectivity index (χ0) is 13.2. The minimum Gasteiger partial charge on any atom is -0.373 e. The van der Waals surface area contributed by atoms with Gasteiger partial charge in [0.15, 0.2) is 0 Å². The van der Waals surface area contributed by atoms with Gasteiger partial charge in [0.25, 0.3) is 0 Å². The van der Waals surface area contributed by atoms with Crippen molar-refractivity contribution in [2.45, 2.75) is 19.6 Å². The summed E-state index contributed by atoms with van der Waals surface area (Å²) >= 11 is 0. The van der Waals surface area contributed by atoms with Gasteiger partial charge in [-0.25, -0.2) is 0 Å². The minimum absolute atomic E-state index is 0.0463. The molecule has 2 fully saturated rings. The topological polar surface area (TPSA) is 59.4 Å². The van der Waals surface area contributed by atoms with Crippen molar-refractivity contribution in [3.63, 3.8) is 0 Å². The summed E-state index contributed by atoms with van der Waals surface area (Å²) in [5, 5.41) is 7.41. The van der Waals surface area contributed by atoms with Gasteiger partial charge in [0, 0.05) is 32.4 Å². The molecule has 6 heteroatoms. The van der Waals surface area contributed by atoms with Crippen LogP contribution in [0.1, 0.15) is 5.56 Å². The molecule has 0 spiro atoms. The lowest BCUT2D eigenvalue weighted by atomic mass is 10.0. The number of hydrogen-bond acceptors (Lipinski definition) is 4. The minimum atomic E-state index is 0.0463. The molecule has 0 saturated carbocycles. The predicted molar refractivity (Wildman–Crippen MR) is 69.6 cm³/mol. The third kappa shape index (κ3) is 2.79. The van der Waals surface area contributed by atoms with Gasteiger partial charge < -0.3 is 15.0 Å². The Hall–Kier alpha value is -1.40. The van der Waals surface area contributed by atoms with E-state index >= 15 is 0 Å². The Morgan fingerprint density at radius 3 is 3.05 bits per heavy atom. The number of aryl methyl sites for hydroxylation is 1. The van der Waals surface area contributed by atoms with Crippen molar-refractivity contribution in [2.24, 2.45) is 5.92 Å². The first kappa shape index (κ1) is 12.6. The van der Waals surface area contributed by atoms with Crippen LogP contribution in [0.2, 0.25) is 0 Å². The Bertz CT molecular complexity index is 455. The van der Waals surface area contributed by atoms with E-state index in [1.165, 1.54) is 0 Å². The lowest BCUT2D eigenvalue weighted by Gasteiger charge is -2.37. The highest BCUT2D eigenvalue weighted by molar-refractivity contribution is 5.80. The van der Waals surface area contributed by atoms with Gasteiger partial charge in [-0.05, 0) is 12.5 Å². The molecule has 1 unspecified atom stereocenters. The molecule has 1 atom stereocenters. The third-order valence-corrected chi connectivity index (χ3v) is 3.73. The van der Waals surface area contributed by atoms with E-state index in [1.807, 2.05) is 28.9 Å². The van der Waals surface area contributed by atoms with Crippen LogP contribution in [0.25, 0.3) is 0 Å². The van der Waals surface area contributed by atoms with E-state index in [9.17, 15) is 4.79 Å². The first-order valence-corrected chi connectivity index (χ1v) is 6.82. The Morgan fingerprint density at radius 2 is 2.42 bits per heavy atom. The lowest BCUT2D eigenvalue weighted by Crippen LogP contribution is -2.56. The fraction of sp³-hybridized carbons (Fsp3) is 0.692. The molecule has 3 heterocycles. The fourth-order valence-corrected chi connectivity index (χ4v) is 2.53. The summed E-state index contributed by atoms with van der Waals surface area (Å²) in [5.74, 6) is 0.439. The third-order valence-electron chi connectivity index (χ3n) is 3.73. The van der Waals surface area contributed by atoms with Crippen LogP contribution in [-0.2, 0) is 16.1 Å². The number of carbonyl (C=O) groups is 1. The van der Waals surface area contributed by atoms with Gasteiger partial charge in [-0.3, -0.25) is 9.48 Å². The quantitative estimate of drug-likeness (QED) is 0.810. The summed E-state index contributed by atoms with van der Waals surface area (Å²) in [7, 11) is 0. The molecule has 2 aliphatic heterocycles. The van der Waals surface area contributed by atoms with Gasteiger partial charge in [0.1, 0.15) is 0 Å². The zero-order valence-corrected chi connectivity index (χ0v) is 11.2. The second-order valence-corrected chi connectivity index (χ2v) is 5.37. The summed E-state index contributed by atoms with van der Waals surface area (Å²) in [6.07, 6.45) is 3.89. The monoisotopic (exact) mass is 264 g/mol. The van der Waals surface area contributed by atoms with Crippen molar-refractivity contribution < 1.29 is 9.53 Å². The molecule has 19 heavy (non-hydrogen) atoms. The van der Waals surface area contributed by atoms with E-state index in [2.05, 4.69) is 10.4 Å². The van der Waals surface area contributed by atoms with Crippen LogP contribution in [0, 0.1) is 12.8 Å². The summed E-state index contributed by atoms with van der Waals surface area (Å²) in [5.41, 5.74) is 1.14. The molecule has 0 aliphatic carbocycles. The van der Waals surface area contributed by atoms with Gasteiger partial charge in [-0.1, -0.05) is 0 Å². The largest absolute Gasteiger partial charge is 0.373 e. The maximum Gasteiger partial charge on any atom is 0.228 e. The van der Waals surface area contributed by atoms with E-state index < -0.39 is 0 Å². The van der Waals surface area contributed by atoms with Crippen molar-refractivity contribution in [2.75, 3.05) is 32.8 Å². The summed E-state index contributed by atoms with van der Waals surface area (Å²) in [6, 6.07) is 0. The van der Waals surface area contributed by atoms with Crippen LogP contribution < -0.4 is 5.32 Å². The highest BCUT2D eigenvalue weighted by Crippen LogP contribution is 2.13. The Kier molecular flexibility index (Phi) is 3.52. The number of nitrogens with one attached hydrogen (secondary N) is 1. The molecule has 1 aromatic rings. The maximum atomic E-state index is 12.2. The SMILES string of the molecule is Cc1cnn(CC2CN(C(=O)C3CNC3)CCO2)c1. The number of aromatic nitrogens is 2. The normalized spacial score (nSPS) is 24.3. The van der Waals surface area contributed by atoms with Gasteiger partial charge in [0.05, 0.1) is 31.4 Å². The molecule has 0 aromatic carbocycles. The zero-order valence-electron chi connectivity index (χ0n) is 11.2. The van der Waals surface area contributed by atoms with Crippen LogP contribution >= 0.6 is 0 Å². The number of nitrogens with zero attached hydrogens (tertiary/aromatic N) is 3. The fourth-order valence-electron chi connectivity index (χ4n) is 2.53. The summed E-state index contributed by atoms with van der Waals surface area (Å²) < 4.78 is 7.62. The Morgan fingerprint density at radius 1 is 1.58 bits per heavy atom. The van der Waals surface area contributed by atoms with Crippen molar-refractivity contribution >= 4 is 5.91 Å². The molecule has 1 N–H and O–H groups in total. The number of hydrogen-bond donors (Lipinski definition) is 1. The second kappa shape index (κ2) is 5.30. The highest BCUT2D eigenvalue weighted by atomic mass is 16.5. The number of morpholine rings is 1. The predicted octanol–water partition coefficient (Wildman–Crippen LogP) is -0.362. The first-order chi connectivity index (χ1) is 9.22. The van der Waals surface area contributed by atoms with Crippen molar-refractivity contribution in [1.29, 1.82) is 0 Å². The van der Waals surface area contributed by atoms with E-state index in [-0.39, 0.29) is 17.9 Å².